The summed E-state index contributed by atoms with van der Waals surface area (Å²) in [6, 6.07) is 11.7. The van der Waals surface area contributed by atoms with E-state index in [1.54, 1.807) is 30.4 Å². The Morgan fingerprint density at radius 3 is 2.68 bits per heavy atom. The molecule has 4 heteroatoms. The molecule has 1 heterocycles. The molecule has 19 heavy (non-hydrogen) atoms. The first-order valence-electron chi connectivity index (χ1n) is 6.18. The predicted octanol–water partition coefficient (Wildman–Crippen LogP) is 2.26. The van der Waals surface area contributed by atoms with Crippen molar-refractivity contribution in [3.63, 3.8) is 0 Å². The fourth-order valence-electron chi connectivity index (χ4n) is 1.90. The molecule has 0 aliphatic carbocycles. The van der Waals surface area contributed by atoms with Gasteiger partial charge in [0.05, 0.1) is 17.6 Å². The Labute approximate surface area is 112 Å². The molecule has 1 aromatic heterocycles. The quantitative estimate of drug-likeness (QED) is 0.911. The van der Waals surface area contributed by atoms with Gasteiger partial charge < -0.3 is 10.6 Å². The van der Waals surface area contributed by atoms with Gasteiger partial charge in [0, 0.05) is 19.7 Å². The van der Waals surface area contributed by atoms with Crippen LogP contribution in [0.4, 0.5) is 11.4 Å². The van der Waals surface area contributed by atoms with Crippen LogP contribution in [0.3, 0.4) is 0 Å². The summed E-state index contributed by atoms with van der Waals surface area (Å²) in [5.41, 5.74) is 8.18. The summed E-state index contributed by atoms with van der Waals surface area (Å²) in [5.74, 6) is 0.0433. The molecular weight excluding hydrogens is 238 g/mol. The van der Waals surface area contributed by atoms with Gasteiger partial charge in [0.25, 0.3) is 0 Å². The molecule has 0 saturated heterocycles. The van der Waals surface area contributed by atoms with Gasteiger partial charge in [-0.3, -0.25) is 9.78 Å². The van der Waals surface area contributed by atoms with Crippen LogP contribution in [0.1, 0.15) is 12.0 Å². The van der Waals surface area contributed by atoms with E-state index in [1.165, 1.54) is 0 Å². The number of nitrogen functional groups attached to an aromatic ring is 1. The number of pyridine rings is 1. The molecule has 4 nitrogen and oxygen atoms in total. The molecule has 0 bridgehead atoms. The standard InChI is InChI=1S/C15H17N3O/c1-18(14-9-10-17-11-13(14)16)15(19)8-7-12-5-3-2-4-6-12/h2-6,9-11H,7-8,16H2,1H3. The molecule has 0 radical (unpaired) electrons. The topological polar surface area (TPSA) is 59.2 Å². The minimum Gasteiger partial charge on any atom is -0.396 e. The maximum absolute atomic E-state index is 12.1. The summed E-state index contributed by atoms with van der Waals surface area (Å²) in [5, 5.41) is 0. The van der Waals surface area contributed by atoms with Crippen molar-refractivity contribution in [3.8, 4) is 0 Å². The Morgan fingerprint density at radius 2 is 2.00 bits per heavy atom. The lowest BCUT2D eigenvalue weighted by Crippen LogP contribution is -2.27. The van der Waals surface area contributed by atoms with Gasteiger partial charge in [0.1, 0.15) is 0 Å². The van der Waals surface area contributed by atoms with Crippen LogP contribution in [-0.4, -0.2) is 17.9 Å². The fourth-order valence-corrected chi connectivity index (χ4v) is 1.90. The van der Waals surface area contributed by atoms with E-state index in [0.29, 0.717) is 17.8 Å². The third-order valence-electron chi connectivity index (χ3n) is 3.03. The van der Waals surface area contributed by atoms with Crippen LogP contribution in [0.2, 0.25) is 0 Å². The third kappa shape index (κ3) is 3.31. The van der Waals surface area contributed by atoms with Crippen LogP contribution in [0.25, 0.3) is 0 Å². The highest BCUT2D eigenvalue weighted by molar-refractivity contribution is 5.95. The summed E-state index contributed by atoms with van der Waals surface area (Å²) < 4.78 is 0. The van der Waals surface area contributed by atoms with Crippen molar-refractivity contribution >= 4 is 17.3 Å². The van der Waals surface area contributed by atoms with Crippen LogP contribution in [0.5, 0.6) is 0 Å². The van der Waals surface area contributed by atoms with Gasteiger partial charge in [0.2, 0.25) is 5.91 Å². The fraction of sp³-hybridized carbons (Fsp3) is 0.200. The second-order valence-corrected chi connectivity index (χ2v) is 4.37. The van der Waals surface area contributed by atoms with E-state index in [2.05, 4.69) is 4.98 Å². The zero-order chi connectivity index (χ0) is 13.7. The average molecular weight is 255 g/mol. The molecule has 2 aromatic rings. The van der Waals surface area contributed by atoms with Gasteiger partial charge >= 0.3 is 0 Å². The molecule has 98 valence electrons. The Kier molecular flexibility index (Phi) is 4.13. The molecule has 0 saturated carbocycles. The van der Waals surface area contributed by atoms with E-state index in [0.717, 1.165) is 12.0 Å². The van der Waals surface area contributed by atoms with E-state index < -0.39 is 0 Å². The number of aromatic nitrogens is 1. The molecule has 1 amide bonds. The van der Waals surface area contributed by atoms with Gasteiger partial charge in [-0.1, -0.05) is 30.3 Å². The molecular formula is C15H17N3O. The number of hydrogen-bond acceptors (Lipinski definition) is 3. The number of benzene rings is 1. The number of nitrogens with two attached hydrogens (primary N) is 1. The summed E-state index contributed by atoms with van der Waals surface area (Å²) in [7, 11) is 1.74. The lowest BCUT2D eigenvalue weighted by molar-refractivity contribution is -0.118. The first-order chi connectivity index (χ1) is 9.18. The lowest BCUT2D eigenvalue weighted by Gasteiger charge is -2.18. The van der Waals surface area contributed by atoms with Crippen LogP contribution >= 0.6 is 0 Å². The second-order valence-electron chi connectivity index (χ2n) is 4.37. The molecule has 0 atom stereocenters. The van der Waals surface area contributed by atoms with Gasteiger partial charge in [-0.25, -0.2) is 0 Å². The zero-order valence-corrected chi connectivity index (χ0v) is 10.9. The Balaban J connectivity index is 1.99. The monoisotopic (exact) mass is 255 g/mol. The predicted molar refractivity (Wildman–Crippen MR) is 76.8 cm³/mol. The number of amides is 1. The molecule has 0 aliphatic heterocycles. The van der Waals surface area contributed by atoms with Gasteiger partial charge in [-0.15, -0.1) is 0 Å². The van der Waals surface area contributed by atoms with Crippen molar-refractivity contribution in [2.75, 3.05) is 17.7 Å². The van der Waals surface area contributed by atoms with Crippen molar-refractivity contribution in [3.05, 3.63) is 54.4 Å². The summed E-state index contributed by atoms with van der Waals surface area (Å²) in [4.78, 5) is 17.6. The number of anilines is 2. The molecule has 2 rings (SSSR count). The van der Waals surface area contributed by atoms with E-state index in [9.17, 15) is 4.79 Å². The van der Waals surface area contributed by atoms with Crippen molar-refractivity contribution in [2.24, 2.45) is 0 Å². The Hall–Kier alpha value is -2.36. The maximum Gasteiger partial charge on any atom is 0.227 e. The molecule has 2 N–H and O–H groups in total. The minimum atomic E-state index is 0.0433. The molecule has 0 aliphatic rings. The highest BCUT2D eigenvalue weighted by Gasteiger charge is 2.13. The van der Waals surface area contributed by atoms with Crippen molar-refractivity contribution in [2.45, 2.75) is 12.8 Å². The summed E-state index contributed by atoms with van der Waals surface area (Å²) in [6.07, 6.45) is 4.38. The normalized spacial score (nSPS) is 10.2. The minimum absolute atomic E-state index is 0.0433. The zero-order valence-electron chi connectivity index (χ0n) is 10.9. The molecule has 1 aromatic carbocycles. The van der Waals surface area contributed by atoms with Crippen LogP contribution < -0.4 is 10.6 Å². The summed E-state index contributed by atoms with van der Waals surface area (Å²) in [6.45, 7) is 0. The Bertz CT molecular complexity index is 554. The van der Waals surface area contributed by atoms with Gasteiger partial charge in [-0.05, 0) is 18.1 Å². The van der Waals surface area contributed by atoms with E-state index in [4.69, 9.17) is 5.73 Å². The second kappa shape index (κ2) is 6.00. The first-order valence-corrected chi connectivity index (χ1v) is 6.18. The van der Waals surface area contributed by atoms with Crippen LogP contribution in [0.15, 0.2) is 48.8 Å². The number of rotatable bonds is 4. The first kappa shape index (κ1) is 13.1. The smallest absolute Gasteiger partial charge is 0.227 e. The molecule has 0 fully saturated rings. The molecule has 0 unspecified atom stereocenters. The summed E-state index contributed by atoms with van der Waals surface area (Å²) >= 11 is 0. The number of carbonyl (C=O) groups excluding carboxylic acids is 1. The Morgan fingerprint density at radius 1 is 1.26 bits per heavy atom. The SMILES string of the molecule is CN(C(=O)CCc1ccccc1)c1ccncc1N. The van der Waals surface area contributed by atoms with Gasteiger partial charge in [-0.2, -0.15) is 0 Å². The maximum atomic E-state index is 12.1. The number of nitrogens with zero attached hydrogens (tertiary/aromatic N) is 2. The third-order valence-corrected chi connectivity index (χ3v) is 3.03. The largest absolute Gasteiger partial charge is 0.396 e. The van der Waals surface area contributed by atoms with Gasteiger partial charge in [0.15, 0.2) is 0 Å². The van der Waals surface area contributed by atoms with E-state index in [-0.39, 0.29) is 5.91 Å². The van der Waals surface area contributed by atoms with Crippen molar-refractivity contribution < 1.29 is 4.79 Å². The van der Waals surface area contributed by atoms with Crippen molar-refractivity contribution in [1.82, 2.24) is 4.98 Å². The molecule has 0 spiro atoms. The van der Waals surface area contributed by atoms with Crippen molar-refractivity contribution in [1.29, 1.82) is 0 Å². The van der Waals surface area contributed by atoms with Crippen LogP contribution in [0, 0.1) is 0 Å². The van der Waals surface area contributed by atoms with E-state index >= 15 is 0 Å². The van der Waals surface area contributed by atoms with E-state index in [1.807, 2.05) is 30.3 Å². The average Bonchev–Trinajstić information content (AvgIpc) is 2.45. The number of carbonyl (C=O) groups is 1. The number of aryl methyl sites for hydroxylation is 1. The highest BCUT2D eigenvalue weighted by Crippen LogP contribution is 2.20. The number of hydrogen-bond donors (Lipinski definition) is 1. The lowest BCUT2D eigenvalue weighted by atomic mass is 10.1. The highest BCUT2D eigenvalue weighted by atomic mass is 16.2. The van der Waals surface area contributed by atoms with Crippen LogP contribution in [-0.2, 0) is 11.2 Å².